The maximum atomic E-state index is 11.0. The van der Waals surface area contributed by atoms with Gasteiger partial charge < -0.3 is 32.0 Å². The van der Waals surface area contributed by atoms with Gasteiger partial charge in [0.2, 0.25) is 11.8 Å². The maximum absolute atomic E-state index is 11.0. The molecule has 0 heterocycles. The third kappa shape index (κ3) is 76.3. The Bertz CT molecular complexity index is 1420. The normalized spacial score (nSPS) is 14.3. The van der Waals surface area contributed by atoms with Gasteiger partial charge in [0.05, 0.1) is 32.3 Å². The van der Waals surface area contributed by atoms with E-state index in [1.807, 2.05) is 34.6 Å². The van der Waals surface area contributed by atoms with Gasteiger partial charge in [-0.15, -0.1) is 0 Å². The summed E-state index contributed by atoms with van der Waals surface area (Å²) in [5, 5.41) is 38.8. The van der Waals surface area contributed by atoms with Crippen LogP contribution in [0.4, 0.5) is 0 Å². The summed E-state index contributed by atoms with van der Waals surface area (Å²) in [5.74, 6) is -0.917. The Balaban J connectivity index is -0.0000000879. The molecule has 0 rings (SSSR count). The second-order valence-electron chi connectivity index (χ2n) is 15.0. The number of carbonyl (C=O) groups excluding carboxylic acids is 4. The van der Waals surface area contributed by atoms with E-state index in [1.165, 1.54) is 32.4 Å². The minimum Gasteiger partial charge on any atom is -0.480 e. The fraction of sp³-hybridized carbons (Fsp3) is 0.868. The Morgan fingerprint density at radius 2 is 0.958 bits per heavy atom. The predicted octanol–water partition coefficient (Wildman–Crippen LogP) is 4.44. The molecule has 33 heteroatoms. The molecular weight excluding hydrogens is 1020 g/mol. The van der Waals surface area contributed by atoms with E-state index in [4.69, 9.17) is 33.2 Å². The number of amides is 3. The van der Waals surface area contributed by atoms with E-state index in [1.54, 1.807) is 69.7 Å². The molecule has 0 aromatic heterocycles. The van der Waals surface area contributed by atoms with E-state index in [9.17, 15) is 24.0 Å². The second-order valence-corrected chi connectivity index (χ2v) is 16.7. The molecule has 0 saturated heterocycles. The van der Waals surface area contributed by atoms with E-state index >= 15 is 0 Å². The lowest BCUT2D eigenvalue weighted by molar-refractivity contribution is -0.170. The first-order valence-corrected chi connectivity index (χ1v) is 24.9. The van der Waals surface area contributed by atoms with Crippen LogP contribution in [0, 0.1) is 0 Å². The number of carboxylic acid groups (broad SMARTS) is 1. The minimum absolute atomic E-state index is 0.00694. The number of rotatable bonds is 20. The van der Waals surface area contributed by atoms with Crippen LogP contribution in [0.25, 0.3) is 31.3 Å². The predicted molar refractivity (Wildman–Crippen MR) is 306 cm³/mol. The zero-order chi connectivity index (χ0) is 58.4. The summed E-state index contributed by atoms with van der Waals surface area (Å²) in [6, 6.07) is -0.215. The number of likely N-dealkylation sites (N-methyl/N-ethyl adjacent to an activating group) is 1. The second kappa shape index (κ2) is 63.3. The lowest BCUT2D eigenvalue weighted by Gasteiger charge is -2.17. The summed E-state index contributed by atoms with van der Waals surface area (Å²) in [5.41, 5.74) is 37.2. The quantitative estimate of drug-likeness (QED) is 0.0264. The molecule has 0 saturated carbocycles. The Morgan fingerprint density at radius 1 is 0.606 bits per heavy atom. The van der Waals surface area contributed by atoms with Crippen molar-refractivity contribution >= 4 is 76.4 Å². The van der Waals surface area contributed by atoms with Gasteiger partial charge >= 0.3 is 5.97 Å². The first kappa shape index (κ1) is 87.9. The van der Waals surface area contributed by atoms with Crippen LogP contribution in [0.5, 0.6) is 0 Å². The fourth-order valence-electron chi connectivity index (χ4n) is 2.32. The lowest BCUT2D eigenvalue weighted by atomic mass is 10.2. The van der Waals surface area contributed by atoms with E-state index in [2.05, 4.69) is 142 Å². The summed E-state index contributed by atoms with van der Waals surface area (Å²) in [7, 11) is 17.9. The standard InChI is InChI=1S/C6H12N4O.C6H14N2O.C5H13N2O2P.C4H11N4P.C4H10N4.C4H10NOP.C4H12NP.C3H8NO2P.C2H7NO/c1-4(8-6(3)11)5(2)9-10-7;1-4(7)5(2)8-6(3)9;1-4(6-10)5(8)7(2)9-3;1-3(6-8-5)4(2)7-9;1-3(5)4(2)7-8-6;1-3(5-7)4(2)6;1-3-4(2)5-6;1-2(4-7)3(5)6;1-3-4-2/h4-5H,1-3H3,(H,8,11);4-5H,7H2,1-3H3,(H,8,9);4,6H,10H2,1-3H3;3-4,7H,9H2,1-2H3;3-4H,5H2,1-2H3;3,5H,7H2,1-2H3;4-5H,3,6H2,1-2H3;2,4H,7H2,1H3,(H,5,6);3H,1-2H3/t4-,5?;4?,5-;4-;3?,4-;3-,4?;3-;4-;2-;/m00000000./s1. The van der Waals surface area contributed by atoms with Crippen LogP contribution in [0.15, 0.2) is 15.3 Å². The van der Waals surface area contributed by atoms with Crippen molar-refractivity contribution < 1.29 is 38.8 Å². The number of azide groups is 3. The monoisotopic (exact) mass is 1120 g/mol. The number of nitrogens with zero attached hydrogens (tertiary/aromatic N) is 10. The highest BCUT2D eigenvalue weighted by Crippen LogP contribution is 1.99. The summed E-state index contributed by atoms with van der Waals surface area (Å²) in [4.78, 5) is 69.0. The molecule has 0 aliphatic carbocycles. The number of ketones is 1. The van der Waals surface area contributed by atoms with Crippen LogP contribution in [-0.4, -0.2) is 140 Å². The molecule has 0 radical (unpaired) electrons. The lowest BCUT2D eigenvalue weighted by Crippen LogP contribution is -2.42. The number of Topliss-reactive ketones (excluding diaryl/α,β-unsaturated/α-hetero) is 1. The van der Waals surface area contributed by atoms with Crippen molar-refractivity contribution in [3.63, 3.8) is 0 Å². The van der Waals surface area contributed by atoms with Crippen molar-refractivity contribution in [3.05, 3.63) is 31.3 Å². The zero-order valence-corrected chi connectivity index (χ0v) is 51.7. The van der Waals surface area contributed by atoms with Crippen LogP contribution >= 0.6 is 47.0 Å². The molecule has 422 valence electrons. The van der Waals surface area contributed by atoms with Gasteiger partial charge in [-0.1, -0.05) is 90.0 Å². The summed E-state index contributed by atoms with van der Waals surface area (Å²) in [6.45, 7) is 28.6. The van der Waals surface area contributed by atoms with Crippen molar-refractivity contribution in [2.24, 2.45) is 26.8 Å². The summed E-state index contributed by atoms with van der Waals surface area (Å²) in [6.07, 6.45) is 1.20. The SMILES string of the molecule is CC(=O)N[C@@H](C)C(C)N.CC(=O)N[C@@H](C)C(C)N=[N+]=[N-].CC(=O)[C@H](C)NP.CC(N=[N+]=[N-])[C@H](C)N.CC(N=[N+]=[N-])[C@H](C)NP.CC[C@H](C)NP.CNOC.CON(C)C(=O)[C@H](C)NP.C[C@H](NP)C(=O)O. The Morgan fingerprint density at radius 3 is 1.11 bits per heavy atom. The van der Waals surface area contributed by atoms with Gasteiger partial charge in [0.25, 0.3) is 5.91 Å². The van der Waals surface area contributed by atoms with E-state index in [-0.39, 0.29) is 83.9 Å². The van der Waals surface area contributed by atoms with Crippen LogP contribution in [0.1, 0.15) is 117 Å². The molecule has 0 aliphatic heterocycles. The molecule has 71 heavy (non-hydrogen) atoms. The first-order chi connectivity index (χ1) is 32.7. The van der Waals surface area contributed by atoms with Gasteiger partial charge in [-0.05, 0) is 92.3 Å². The topological polar surface area (TPSA) is 422 Å². The number of carbonyl (C=O) groups is 5. The van der Waals surface area contributed by atoms with Gasteiger partial charge in [-0.2, -0.15) is 0 Å². The Kier molecular flexibility index (Phi) is 78.4. The van der Waals surface area contributed by atoms with Crippen LogP contribution in [0.3, 0.4) is 0 Å². The van der Waals surface area contributed by atoms with Crippen LogP contribution < -0.4 is 53.0 Å². The average molecular weight is 1120 g/mol. The number of hydroxylamine groups is 3. The molecule has 13 N–H and O–H groups in total. The third-order valence-electron chi connectivity index (χ3n) is 8.61. The molecule has 0 aromatic rings. The highest BCUT2D eigenvalue weighted by atomic mass is 31.0. The molecule has 0 bridgehead atoms. The van der Waals surface area contributed by atoms with E-state index in [0.717, 1.165) is 0 Å². The molecule has 9 unspecified atom stereocenters. The van der Waals surface area contributed by atoms with Gasteiger partial charge in [0.1, 0.15) is 11.8 Å². The van der Waals surface area contributed by atoms with Crippen molar-refractivity contribution in [3.8, 4) is 0 Å². The van der Waals surface area contributed by atoms with Crippen LogP contribution in [-0.2, 0) is 33.6 Å². The molecule has 3 amide bonds. The summed E-state index contributed by atoms with van der Waals surface area (Å²) < 4.78 is 0. The number of aliphatic carboxylic acids is 1. The number of nitrogens with one attached hydrogen (secondary N) is 8. The highest BCUT2D eigenvalue weighted by molar-refractivity contribution is 7.14. The van der Waals surface area contributed by atoms with Crippen molar-refractivity contribution in [2.75, 3.05) is 28.3 Å². The minimum atomic E-state index is -0.838. The Hall–Kier alpha value is -2.77. The number of hydrogen-bond acceptors (Lipinski definition) is 18. The Labute approximate surface area is 436 Å². The third-order valence-corrected chi connectivity index (χ3v) is 11.2. The molecular formula is C38H97N20O8P5. The van der Waals surface area contributed by atoms with Crippen LogP contribution in [0.2, 0.25) is 0 Å². The molecule has 0 spiro atoms. The van der Waals surface area contributed by atoms with Gasteiger partial charge in [0.15, 0.2) is 0 Å². The molecule has 17 atom stereocenters. The number of carboxylic acids is 1. The van der Waals surface area contributed by atoms with Gasteiger partial charge in [-0.3, -0.25) is 54.2 Å². The van der Waals surface area contributed by atoms with Crippen molar-refractivity contribution in [1.29, 1.82) is 0 Å². The van der Waals surface area contributed by atoms with Gasteiger partial charge in [-0.25, -0.2) is 10.5 Å². The summed E-state index contributed by atoms with van der Waals surface area (Å²) >= 11 is 0. The van der Waals surface area contributed by atoms with Crippen molar-refractivity contribution in [2.45, 2.75) is 190 Å². The zero-order valence-electron chi connectivity index (χ0n) is 46.0. The fourth-order valence-corrected chi connectivity index (χ4v) is 3.36. The smallest absolute Gasteiger partial charge is 0.320 e. The average Bonchev–Trinajstić information content (AvgIpc) is 3.33. The number of hydrogen-bond donors (Lipinski definition) is 11. The molecule has 0 aliphatic rings. The van der Waals surface area contributed by atoms with E-state index < -0.39 is 12.0 Å². The maximum Gasteiger partial charge on any atom is 0.320 e. The first-order valence-electron chi connectivity index (χ1n) is 22.0. The van der Waals surface area contributed by atoms with Gasteiger partial charge in [0, 0.05) is 91.0 Å². The van der Waals surface area contributed by atoms with E-state index in [0.29, 0.717) is 6.04 Å². The highest BCUT2D eigenvalue weighted by Gasteiger charge is 2.14. The molecule has 28 nitrogen and oxygen atoms in total. The molecule has 0 fully saturated rings. The largest absolute Gasteiger partial charge is 0.480 e. The van der Waals surface area contributed by atoms with Crippen molar-refractivity contribution in [1.82, 2.24) is 46.6 Å². The number of nitrogens with two attached hydrogens (primary N) is 2. The molecule has 0 aromatic carbocycles.